The summed E-state index contributed by atoms with van der Waals surface area (Å²) in [7, 11) is 1.75. The third-order valence-electron chi connectivity index (χ3n) is 3.31. The summed E-state index contributed by atoms with van der Waals surface area (Å²) in [5, 5.41) is 6.48. The number of benzene rings is 1. The number of hydrogen-bond acceptors (Lipinski definition) is 3. The summed E-state index contributed by atoms with van der Waals surface area (Å²) in [6.45, 7) is 5.65. The van der Waals surface area contributed by atoms with E-state index >= 15 is 0 Å². The molecule has 0 saturated carbocycles. The smallest absolute Gasteiger partial charge is 0.265 e. The Morgan fingerprint density at radius 2 is 2.18 bits per heavy atom. The number of guanidine groups is 1. The van der Waals surface area contributed by atoms with E-state index in [-0.39, 0.29) is 12.5 Å². The van der Waals surface area contributed by atoms with Gasteiger partial charge in [0.15, 0.2) is 12.6 Å². The highest BCUT2D eigenvalue weighted by Crippen LogP contribution is 2.31. The first kappa shape index (κ1) is 16.1. The van der Waals surface area contributed by atoms with Gasteiger partial charge in [-0.2, -0.15) is 0 Å². The second kappa shape index (κ2) is 7.68. The zero-order valence-corrected chi connectivity index (χ0v) is 13.4. The molecule has 22 heavy (non-hydrogen) atoms. The van der Waals surface area contributed by atoms with E-state index in [9.17, 15) is 4.79 Å². The summed E-state index contributed by atoms with van der Waals surface area (Å²) in [6, 6.07) is 7.97. The maximum Gasteiger partial charge on any atom is 0.265 e. The van der Waals surface area contributed by atoms with E-state index < -0.39 is 0 Å². The lowest BCUT2D eigenvalue weighted by Gasteiger charge is -2.29. The predicted octanol–water partition coefficient (Wildman–Crippen LogP) is 1.38. The van der Waals surface area contributed by atoms with Crippen molar-refractivity contribution in [2.45, 2.75) is 26.3 Å². The Kier molecular flexibility index (Phi) is 5.63. The molecule has 1 amide bonds. The standard InChI is InChI=1S/C16H24N4O2/c1-12(2)19-16(17-3)18-9-6-10-20-13-7-4-5-8-14(13)22-11-15(20)21/h4-5,7-8,12H,6,9-11H2,1-3H3,(H2,17,18,19). The third kappa shape index (κ3) is 4.13. The van der Waals surface area contributed by atoms with Gasteiger partial charge in [0.1, 0.15) is 5.75 Å². The van der Waals surface area contributed by atoms with Crippen LogP contribution in [0.3, 0.4) is 0 Å². The van der Waals surface area contributed by atoms with Crippen molar-refractivity contribution in [3.8, 4) is 5.75 Å². The summed E-state index contributed by atoms with van der Waals surface area (Å²) in [6.07, 6.45) is 0.832. The molecule has 0 radical (unpaired) electrons. The van der Waals surface area contributed by atoms with Gasteiger partial charge >= 0.3 is 0 Å². The average Bonchev–Trinajstić information content (AvgIpc) is 2.51. The van der Waals surface area contributed by atoms with Gasteiger partial charge in [-0.05, 0) is 32.4 Å². The number of nitrogens with zero attached hydrogens (tertiary/aromatic N) is 2. The maximum atomic E-state index is 12.0. The molecule has 1 aromatic rings. The molecule has 0 spiro atoms. The number of para-hydroxylation sites is 2. The van der Waals surface area contributed by atoms with Crippen molar-refractivity contribution in [3.05, 3.63) is 24.3 Å². The molecule has 1 aromatic carbocycles. The molecule has 0 fully saturated rings. The Balaban J connectivity index is 1.85. The van der Waals surface area contributed by atoms with Gasteiger partial charge in [-0.3, -0.25) is 9.79 Å². The number of fused-ring (bicyclic) bond motifs is 1. The molecule has 0 bridgehead atoms. The number of carbonyl (C=O) groups is 1. The van der Waals surface area contributed by atoms with Crippen LogP contribution in [-0.2, 0) is 4.79 Å². The highest BCUT2D eigenvalue weighted by Gasteiger charge is 2.24. The van der Waals surface area contributed by atoms with Crippen LogP contribution >= 0.6 is 0 Å². The minimum atomic E-state index is 0.00314. The number of carbonyl (C=O) groups excluding carboxylic acids is 1. The fourth-order valence-corrected chi connectivity index (χ4v) is 2.31. The molecular formula is C16H24N4O2. The minimum absolute atomic E-state index is 0.00314. The van der Waals surface area contributed by atoms with Crippen molar-refractivity contribution < 1.29 is 9.53 Å². The van der Waals surface area contributed by atoms with Gasteiger partial charge in [-0.25, -0.2) is 0 Å². The zero-order valence-electron chi connectivity index (χ0n) is 13.4. The highest BCUT2D eigenvalue weighted by molar-refractivity contribution is 5.97. The van der Waals surface area contributed by atoms with Gasteiger partial charge < -0.3 is 20.3 Å². The van der Waals surface area contributed by atoms with E-state index in [0.717, 1.165) is 30.4 Å². The molecule has 0 saturated heterocycles. The first-order valence-corrected chi connectivity index (χ1v) is 7.61. The van der Waals surface area contributed by atoms with Crippen molar-refractivity contribution in [1.29, 1.82) is 0 Å². The third-order valence-corrected chi connectivity index (χ3v) is 3.31. The van der Waals surface area contributed by atoms with Crippen LogP contribution in [0.1, 0.15) is 20.3 Å². The molecule has 1 aliphatic rings. The van der Waals surface area contributed by atoms with E-state index in [2.05, 4.69) is 29.5 Å². The van der Waals surface area contributed by atoms with E-state index in [4.69, 9.17) is 4.74 Å². The van der Waals surface area contributed by atoms with Gasteiger partial charge in [0.2, 0.25) is 0 Å². The van der Waals surface area contributed by atoms with E-state index in [1.165, 1.54) is 0 Å². The fourth-order valence-electron chi connectivity index (χ4n) is 2.31. The van der Waals surface area contributed by atoms with Crippen LogP contribution in [0.15, 0.2) is 29.3 Å². The average molecular weight is 304 g/mol. The predicted molar refractivity (Wildman–Crippen MR) is 88.5 cm³/mol. The van der Waals surface area contributed by atoms with Crippen LogP contribution in [0, 0.1) is 0 Å². The summed E-state index contributed by atoms with van der Waals surface area (Å²) in [5.41, 5.74) is 0.850. The zero-order chi connectivity index (χ0) is 15.9. The lowest BCUT2D eigenvalue weighted by molar-refractivity contribution is -0.121. The number of anilines is 1. The van der Waals surface area contributed by atoms with Crippen LogP contribution in [0.4, 0.5) is 5.69 Å². The molecule has 2 N–H and O–H groups in total. The number of rotatable bonds is 5. The van der Waals surface area contributed by atoms with Crippen LogP contribution in [0.2, 0.25) is 0 Å². The van der Waals surface area contributed by atoms with Gasteiger partial charge in [0, 0.05) is 26.2 Å². The minimum Gasteiger partial charge on any atom is -0.482 e. The van der Waals surface area contributed by atoms with Gasteiger partial charge in [-0.1, -0.05) is 12.1 Å². The molecule has 1 aliphatic heterocycles. The molecule has 1 heterocycles. The number of hydrogen-bond donors (Lipinski definition) is 2. The molecule has 6 heteroatoms. The fraction of sp³-hybridized carbons (Fsp3) is 0.500. The number of aliphatic imine (C=N–C) groups is 1. The Morgan fingerprint density at radius 3 is 2.91 bits per heavy atom. The summed E-state index contributed by atoms with van der Waals surface area (Å²) >= 11 is 0. The summed E-state index contributed by atoms with van der Waals surface area (Å²) < 4.78 is 5.44. The quantitative estimate of drug-likeness (QED) is 0.490. The van der Waals surface area contributed by atoms with Crippen LogP contribution < -0.4 is 20.3 Å². The Morgan fingerprint density at radius 1 is 1.41 bits per heavy atom. The van der Waals surface area contributed by atoms with Crippen molar-refractivity contribution in [1.82, 2.24) is 10.6 Å². The number of amides is 1. The molecule has 2 rings (SSSR count). The normalized spacial score (nSPS) is 14.6. The van der Waals surface area contributed by atoms with E-state index in [1.807, 2.05) is 24.3 Å². The first-order chi connectivity index (χ1) is 10.6. The number of ether oxygens (including phenoxy) is 1. The van der Waals surface area contributed by atoms with E-state index in [1.54, 1.807) is 11.9 Å². The molecule has 6 nitrogen and oxygen atoms in total. The van der Waals surface area contributed by atoms with Gasteiger partial charge in [0.25, 0.3) is 5.91 Å². The second-order valence-electron chi connectivity index (χ2n) is 5.45. The van der Waals surface area contributed by atoms with Crippen molar-refractivity contribution in [3.63, 3.8) is 0 Å². The van der Waals surface area contributed by atoms with Gasteiger partial charge in [0.05, 0.1) is 5.69 Å². The monoisotopic (exact) mass is 304 g/mol. The molecule has 0 aromatic heterocycles. The Hall–Kier alpha value is -2.24. The first-order valence-electron chi connectivity index (χ1n) is 7.61. The lowest BCUT2D eigenvalue weighted by atomic mass is 10.2. The Labute approximate surface area is 131 Å². The molecule has 0 atom stereocenters. The molecule has 120 valence electrons. The largest absolute Gasteiger partial charge is 0.482 e. The molecule has 0 aliphatic carbocycles. The lowest BCUT2D eigenvalue weighted by Crippen LogP contribution is -2.43. The summed E-state index contributed by atoms with van der Waals surface area (Å²) in [5.74, 6) is 1.56. The highest BCUT2D eigenvalue weighted by atomic mass is 16.5. The van der Waals surface area contributed by atoms with Crippen molar-refractivity contribution >= 4 is 17.6 Å². The SMILES string of the molecule is CN=C(NCCCN1C(=O)COc2ccccc21)NC(C)C. The number of nitrogens with one attached hydrogen (secondary N) is 2. The maximum absolute atomic E-state index is 12.0. The van der Waals surface area contributed by atoms with Crippen LogP contribution in [0.5, 0.6) is 5.75 Å². The summed E-state index contributed by atoms with van der Waals surface area (Å²) in [4.78, 5) is 18.0. The van der Waals surface area contributed by atoms with Crippen molar-refractivity contribution in [2.75, 3.05) is 31.6 Å². The van der Waals surface area contributed by atoms with Crippen LogP contribution in [-0.4, -0.2) is 44.7 Å². The van der Waals surface area contributed by atoms with E-state index in [0.29, 0.717) is 12.6 Å². The van der Waals surface area contributed by atoms with Crippen molar-refractivity contribution in [2.24, 2.45) is 4.99 Å². The topological polar surface area (TPSA) is 66.0 Å². The second-order valence-corrected chi connectivity index (χ2v) is 5.45. The van der Waals surface area contributed by atoms with Gasteiger partial charge in [-0.15, -0.1) is 0 Å². The van der Waals surface area contributed by atoms with Crippen LogP contribution in [0.25, 0.3) is 0 Å². The Bertz CT molecular complexity index is 543. The molecule has 0 unspecified atom stereocenters. The molecular weight excluding hydrogens is 280 g/mol.